The first kappa shape index (κ1) is 16.8. The molecular formula is C13H13N8NaO2. The van der Waals surface area contributed by atoms with Crippen molar-refractivity contribution in [3.8, 4) is 17.5 Å². The van der Waals surface area contributed by atoms with Crippen LogP contribution in [-0.4, -0.2) is 61.0 Å². The monoisotopic (exact) mass is 336 g/mol. The normalized spacial score (nSPS) is 14.4. The largest absolute Gasteiger partial charge is 1.00 e. The third-order valence-electron chi connectivity index (χ3n) is 3.50. The van der Waals surface area contributed by atoms with Gasteiger partial charge in [-0.1, -0.05) is 5.21 Å². The summed E-state index contributed by atoms with van der Waals surface area (Å²) in [6, 6.07) is 1.83. The summed E-state index contributed by atoms with van der Waals surface area (Å²) in [5.41, 5.74) is 0.294. The number of anilines is 1. The molecule has 1 fully saturated rings. The molecule has 0 N–H and O–H groups in total. The van der Waals surface area contributed by atoms with Gasteiger partial charge in [0.1, 0.15) is 5.82 Å². The standard InChI is InChI=1S/C13H14N8O2.Na/c22-12-10(20-4-3-15-18-20)9-21(17-12)13-14-2-1-11(16-13)19-5-7-23-8-6-19;/h1-4,9H,5-8H2,(H,17,22);/q;+1/p-1. The Balaban J connectivity index is 0.00000169. The summed E-state index contributed by atoms with van der Waals surface area (Å²) in [6.07, 6.45) is 6.25. The Labute approximate surface area is 159 Å². The van der Waals surface area contributed by atoms with Gasteiger partial charge < -0.3 is 14.7 Å². The molecule has 0 atom stereocenters. The Hall–Kier alpha value is -2.01. The van der Waals surface area contributed by atoms with Crippen LogP contribution in [0, 0.1) is 0 Å². The second kappa shape index (κ2) is 7.26. The maximum absolute atomic E-state index is 12.0. The van der Waals surface area contributed by atoms with E-state index in [9.17, 15) is 5.11 Å². The van der Waals surface area contributed by atoms with Gasteiger partial charge >= 0.3 is 29.6 Å². The molecule has 1 aliphatic rings. The molecular weight excluding hydrogens is 323 g/mol. The van der Waals surface area contributed by atoms with Crippen molar-refractivity contribution in [2.75, 3.05) is 31.2 Å². The Morgan fingerprint density at radius 1 is 1.12 bits per heavy atom. The van der Waals surface area contributed by atoms with Crippen LogP contribution < -0.4 is 39.6 Å². The molecule has 10 nitrogen and oxygen atoms in total. The van der Waals surface area contributed by atoms with Crippen LogP contribution in [0.2, 0.25) is 0 Å². The van der Waals surface area contributed by atoms with Crippen molar-refractivity contribution in [1.29, 1.82) is 0 Å². The van der Waals surface area contributed by atoms with Gasteiger partial charge in [-0.25, -0.2) is 14.3 Å². The maximum atomic E-state index is 12.0. The summed E-state index contributed by atoms with van der Waals surface area (Å²) in [7, 11) is 0. The Kier molecular flexibility index (Phi) is 5.09. The van der Waals surface area contributed by atoms with Crippen LogP contribution in [0.1, 0.15) is 0 Å². The zero-order chi connectivity index (χ0) is 15.6. The van der Waals surface area contributed by atoms with E-state index < -0.39 is 5.88 Å². The van der Waals surface area contributed by atoms with Crippen molar-refractivity contribution in [2.24, 2.45) is 0 Å². The molecule has 11 heteroatoms. The van der Waals surface area contributed by atoms with Crippen LogP contribution in [0.25, 0.3) is 11.6 Å². The molecule has 0 bridgehead atoms. The van der Waals surface area contributed by atoms with Crippen LogP contribution >= 0.6 is 0 Å². The molecule has 0 aromatic carbocycles. The minimum absolute atomic E-state index is 0. The molecule has 0 amide bonds. The number of rotatable bonds is 3. The molecule has 4 heterocycles. The number of morpholine rings is 1. The minimum atomic E-state index is -0.420. The predicted octanol–water partition coefficient (Wildman–Crippen LogP) is -3.84. The van der Waals surface area contributed by atoms with Gasteiger partial charge in [0.2, 0.25) is 0 Å². The van der Waals surface area contributed by atoms with E-state index in [1.54, 1.807) is 12.4 Å². The molecule has 0 aliphatic carbocycles. The number of aromatic nitrogens is 7. The first-order chi connectivity index (χ1) is 11.3. The first-order valence-corrected chi connectivity index (χ1v) is 7.11. The molecule has 4 rings (SSSR count). The van der Waals surface area contributed by atoms with Crippen LogP contribution in [0.15, 0.2) is 30.9 Å². The van der Waals surface area contributed by atoms with Gasteiger partial charge in [-0.3, -0.25) is 0 Å². The summed E-state index contributed by atoms with van der Waals surface area (Å²) in [6.45, 7) is 2.88. The summed E-state index contributed by atoms with van der Waals surface area (Å²) in [5.74, 6) is 0.692. The van der Waals surface area contributed by atoms with Crippen molar-refractivity contribution in [2.45, 2.75) is 0 Å². The van der Waals surface area contributed by atoms with E-state index in [1.165, 1.54) is 21.8 Å². The van der Waals surface area contributed by atoms with Crippen LogP contribution in [-0.2, 0) is 4.74 Å². The molecule has 0 spiro atoms. The van der Waals surface area contributed by atoms with Crippen LogP contribution in [0.3, 0.4) is 0 Å². The van der Waals surface area contributed by atoms with E-state index in [2.05, 4.69) is 30.3 Å². The second-order valence-corrected chi connectivity index (χ2v) is 4.93. The van der Waals surface area contributed by atoms with Crippen LogP contribution in [0.5, 0.6) is 5.88 Å². The Bertz CT molecular complexity index is 800. The van der Waals surface area contributed by atoms with E-state index >= 15 is 0 Å². The molecule has 0 radical (unpaired) electrons. The van der Waals surface area contributed by atoms with Gasteiger partial charge in [-0.2, -0.15) is 10.1 Å². The Morgan fingerprint density at radius 3 is 2.71 bits per heavy atom. The van der Waals surface area contributed by atoms with Crippen molar-refractivity contribution in [3.63, 3.8) is 0 Å². The van der Waals surface area contributed by atoms with E-state index in [-0.39, 0.29) is 29.6 Å². The third-order valence-corrected chi connectivity index (χ3v) is 3.50. The minimum Gasteiger partial charge on any atom is -0.856 e. The third kappa shape index (κ3) is 3.26. The SMILES string of the molecule is [Na+].[O-]c1nn(-c2nccc(N3CCOCC3)n2)cc1-n1ccnn1. The topological polar surface area (TPSA) is 110 Å². The number of nitrogens with zero attached hydrogens (tertiary/aromatic N) is 8. The molecule has 0 unspecified atom stereocenters. The van der Waals surface area contributed by atoms with E-state index in [4.69, 9.17) is 4.74 Å². The number of ether oxygens (including phenoxy) is 1. The molecule has 1 saturated heterocycles. The zero-order valence-corrected chi connectivity index (χ0v) is 15.1. The van der Waals surface area contributed by atoms with Gasteiger partial charge in [0, 0.05) is 25.2 Å². The van der Waals surface area contributed by atoms with Crippen molar-refractivity contribution < 1.29 is 39.4 Å². The van der Waals surface area contributed by atoms with Crippen molar-refractivity contribution in [3.05, 3.63) is 30.9 Å². The molecule has 1 aliphatic heterocycles. The van der Waals surface area contributed by atoms with Gasteiger partial charge in [0.15, 0.2) is 0 Å². The average Bonchev–Trinajstić information content (AvgIpc) is 3.25. The van der Waals surface area contributed by atoms with Crippen molar-refractivity contribution >= 4 is 5.82 Å². The number of hydrogen-bond acceptors (Lipinski definition) is 8. The van der Waals surface area contributed by atoms with Crippen LogP contribution in [0.4, 0.5) is 5.82 Å². The number of hydrogen-bond donors (Lipinski definition) is 0. The summed E-state index contributed by atoms with van der Waals surface area (Å²) >= 11 is 0. The van der Waals surface area contributed by atoms with Gasteiger partial charge in [0.05, 0.1) is 37.5 Å². The quantitative estimate of drug-likeness (QED) is 0.447. The maximum Gasteiger partial charge on any atom is 1.00 e. The second-order valence-electron chi connectivity index (χ2n) is 4.93. The molecule has 118 valence electrons. The van der Waals surface area contributed by atoms with Gasteiger partial charge in [-0.15, -0.1) is 5.10 Å². The smallest absolute Gasteiger partial charge is 0.856 e. The average molecular weight is 336 g/mol. The summed E-state index contributed by atoms with van der Waals surface area (Å²) in [5, 5.41) is 23.4. The Morgan fingerprint density at radius 2 is 1.96 bits per heavy atom. The fourth-order valence-electron chi connectivity index (χ4n) is 2.36. The molecule has 3 aromatic rings. The first-order valence-electron chi connectivity index (χ1n) is 7.11. The molecule has 24 heavy (non-hydrogen) atoms. The predicted molar refractivity (Wildman–Crippen MR) is 76.5 cm³/mol. The fourth-order valence-corrected chi connectivity index (χ4v) is 2.36. The zero-order valence-electron chi connectivity index (χ0n) is 13.1. The van der Waals surface area contributed by atoms with Gasteiger partial charge in [-0.05, 0) is 6.07 Å². The molecule has 0 saturated carbocycles. The summed E-state index contributed by atoms with van der Waals surface area (Å²) < 4.78 is 8.05. The van der Waals surface area contributed by atoms with E-state index in [0.29, 0.717) is 24.8 Å². The molecule has 3 aromatic heterocycles. The van der Waals surface area contributed by atoms with E-state index in [0.717, 1.165) is 18.9 Å². The van der Waals surface area contributed by atoms with E-state index in [1.807, 2.05) is 6.07 Å². The van der Waals surface area contributed by atoms with Gasteiger partial charge in [0.25, 0.3) is 5.95 Å². The summed E-state index contributed by atoms with van der Waals surface area (Å²) in [4.78, 5) is 10.8. The fraction of sp³-hybridized carbons (Fsp3) is 0.308. The van der Waals surface area contributed by atoms with Crippen molar-refractivity contribution in [1.82, 2.24) is 34.7 Å².